The highest BCUT2D eigenvalue weighted by molar-refractivity contribution is 7.92. The Morgan fingerprint density at radius 2 is 2.06 bits per heavy atom. The van der Waals surface area contributed by atoms with Gasteiger partial charge in [0, 0.05) is 24.6 Å². The first-order valence-corrected chi connectivity index (χ1v) is 7.33. The van der Waals surface area contributed by atoms with Crippen molar-refractivity contribution in [2.45, 2.75) is 38.0 Å². The van der Waals surface area contributed by atoms with Gasteiger partial charge in [-0.05, 0) is 32.4 Å². The first-order valence-electron chi connectivity index (χ1n) is 5.44. The molecule has 5 heteroatoms. The molecular formula is C12H19NO3S. The van der Waals surface area contributed by atoms with Crippen molar-refractivity contribution in [3.05, 3.63) is 29.6 Å². The predicted octanol–water partition coefficient (Wildman–Crippen LogP) is 1.12. The van der Waals surface area contributed by atoms with Gasteiger partial charge in [0.2, 0.25) is 0 Å². The van der Waals surface area contributed by atoms with Gasteiger partial charge in [0.05, 0.1) is 10.9 Å². The highest BCUT2D eigenvalue weighted by Crippen LogP contribution is 2.23. The van der Waals surface area contributed by atoms with Gasteiger partial charge in [-0.15, -0.1) is 0 Å². The Balaban J connectivity index is 2.95. The molecule has 1 N–H and O–H groups in total. The average molecular weight is 257 g/mol. The predicted molar refractivity (Wildman–Crippen MR) is 67.6 cm³/mol. The molecule has 1 unspecified atom stereocenters. The monoisotopic (exact) mass is 257 g/mol. The standard InChI is InChI=1S/C12H19NO3S/c1-9-6-5-7-13-10(9)8-11(14)12(2,3)17(4,15)16/h5-7,11,14H,8H2,1-4H3. The number of rotatable bonds is 4. The SMILES string of the molecule is Cc1cccnc1CC(O)C(C)(C)S(C)(=O)=O. The van der Waals surface area contributed by atoms with E-state index in [9.17, 15) is 13.5 Å². The van der Waals surface area contributed by atoms with Crippen LogP contribution in [0.15, 0.2) is 18.3 Å². The van der Waals surface area contributed by atoms with E-state index in [2.05, 4.69) is 4.98 Å². The Bertz CT molecular complexity index is 494. The second-order valence-electron chi connectivity index (χ2n) is 4.86. The molecule has 1 heterocycles. The zero-order chi connectivity index (χ0) is 13.3. The first kappa shape index (κ1) is 14.1. The maximum Gasteiger partial charge on any atom is 0.155 e. The van der Waals surface area contributed by atoms with Crippen LogP contribution in [-0.4, -0.2) is 35.6 Å². The van der Waals surface area contributed by atoms with E-state index in [1.165, 1.54) is 13.8 Å². The van der Waals surface area contributed by atoms with Gasteiger partial charge in [0.15, 0.2) is 9.84 Å². The maximum absolute atomic E-state index is 11.6. The summed E-state index contributed by atoms with van der Waals surface area (Å²) in [6.45, 7) is 4.96. The Morgan fingerprint density at radius 3 is 2.53 bits per heavy atom. The lowest BCUT2D eigenvalue weighted by Gasteiger charge is -2.28. The molecule has 0 aliphatic heterocycles. The zero-order valence-electron chi connectivity index (χ0n) is 10.6. The van der Waals surface area contributed by atoms with E-state index in [1.807, 2.05) is 19.1 Å². The van der Waals surface area contributed by atoms with Crippen LogP contribution in [0.4, 0.5) is 0 Å². The fraction of sp³-hybridized carbons (Fsp3) is 0.583. The number of aliphatic hydroxyl groups excluding tert-OH is 1. The Kier molecular flexibility index (Phi) is 3.94. The molecule has 1 rings (SSSR count). The molecule has 0 aromatic carbocycles. The van der Waals surface area contributed by atoms with Crippen LogP contribution in [-0.2, 0) is 16.3 Å². The van der Waals surface area contributed by atoms with Gasteiger partial charge in [-0.2, -0.15) is 0 Å². The molecular weight excluding hydrogens is 238 g/mol. The Labute approximate surface area is 103 Å². The quantitative estimate of drug-likeness (QED) is 0.877. The second kappa shape index (κ2) is 4.74. The van der Waals surface area contributed by atoms with E-state index in [0.717, 1.165) is 17.5 Å². The molecule has 96 valence electrons. The topological polar surface area (TPSA) is 67.3 Å². The van der Waals surface area contributed by atoms with E-state index in [0.29, 0.717) is 0 Å². The van der Waals surface area contributed by atoms with Gasteiger partial charge in [-0.25, -0.2) is 8.42 Å². The smallest absolute Gasteiger partial charge is 0.155 e. The van der Waals surface area contributed by atoms with E-state index < -0.39 is 20.7 Å². The van der Waals surface area contributed by atoms with Crippen molar-refractivity contribution in [1.82, 2.24) is 4.98 Å². The van der Waals surface area contributed by atoms with Crippen molar-refractivity contribution < 1.29 is 13.5 Å². The van der Waals surface area contributed by atoms with Gasteiger partial charge in [0.1, 0.15) is 0 Å². The van der Waals surface area contributed by atoms with Gasteiger partial charge >= 0.3 is 0 Å². The number of hydrogen-bond donors (Lipinski definition) is 1. The fourth-order valence-electron chi connectivity index (χ4n) is 1.41. The number of aliphatic hydroxyl groups is 1. The summed E-state index contributed by atoms with van der Waals surface area (Å²) in [4.78, 5) is 4.16. The van der Waals surface area contributed by atoms with Crippen LogP contribution in [0.5, 0.6) is 0 Å². The van der Waals surface area contributed by atoms with Gasteiger partial charge in [-0.3, -0.25) is 4.98 Å². The molecule has 4 nitrogen and oxygen atoms in total. The summed E-state index contributed by atoms with van der Waals surface area (Å²) in [5.41, 5.74) is 1.69. The van der Waals surface area contributed by atoms with Crippen LogP contribution in [0.2, 0.25) is 0 Å². The molecule has 17 heavy (non-hydrogen) atoms. The molecule has 0 bridgehead atoms. The average Bonchev–Trinajstić information content (AvgIpc) is 2.19. The minimum Gasteiger partial charge on any atom is -0.391 e. The van der Waals surface area contributed by atoms with Crippen LogP contribution < -0.4 is 0 Å². The third-order valence-corrected chi connectivity index (χ3v) is 5.45. The lowest BCUT2D eigenvalue weighted by atomic mass is 9.99. The summed E-state index contributed by atoms with van der Waals surface area (Å²) in [5.74, 6) is 0. The molecule has 0 saturated heterocycles. The Hall–Kier alpha value is -0.940. The summed E-state index contributed by atoms with van der Waals surface area (Å²) in [6.07, 6.45) is 2.06. The van der Waals surface area contributed by atoms with Crippen molar-refractivity contribution in [2.75, 3.05) is 6.26 Å². The summed E-state index contributed by atoms with van der Waals surface area (Å²) >= 11 is 0. The molecule has 1 aromatic rings. The number of aryl methyl sites for hydroxylation is 1. The van der Waals surface area contributed by atoms with Crippen LogP contribution in [0, 0.1) is 6.92 Å². The van der Waals surface area contributed by atoms with Crippen LogP contribution in [0.3, 0.4) is 0 Å². The van der Waals surface area contributed by atoms with Crippen molar-refractivity contribution in [3.8, 4) is 0 Å². The van der Waals surface area contributed by atoms with Crippen LogP contribution >= 0.6 is 0 Å². The molecule has 0 radical (unpaired) electrons. The second-order valence-corrected chi connectivity index (χ2v) is 7.46. The van der Waals surface area contributed by atoms with Gasteiger partial charge < -0.3 is 5.11 Å². The molecule has 0 amide bonds. The number of sulfone groups is 1. The van der Waals surface area contributed by atoms with Crippen LogP contribution in [0.25, 0.3) is 0 Å². The molecule has 0 aliphatic rings. The lowest BCUT2D eigenvalue weighted by Crippen LogP contribution is -2.44. The van der Waals surface area contributed by atoms with E-state index in [-0.39, 0.29) is 6.42 Å². The summed E-state index contributed by atoms with van der Waals surface area (Å²) in [5, 5.41) is 10.1. The Morgan fingerprint density at radius 1 is 1.47 bits per heavy atom. The fourth-order valence-corrected chi connectivity index (χ4v) is 1.99. The van der Waals surface area contributed by atoms with E-state index in [4.69, 9.17) is 0 Å². The van der Waals surface area contributed by atoms with E-state index >= 15 is 0 Å². The zero-order valence-corrected chi connectivity index (χ0v) is 11.5. The van der Waals surface area contributed by atoms with Crippen molar-refractivity contribution in [2.24, 2.45) is 0 Å². The molecule has 1 aromatic heterocycles. The van der Waals surface area contributed by atoms with Gasteiger partial charge in [0.25, 0.3) is 0 Å². The lowest BCUT2D eigenvalue weighted by molar-refractivity contribution is 0.136. The molecule has 0 aliphatic carbocycles. The minimum atomic E-state index is -3.31. The highest BCUT2D eigenvalue weighted by Gasteiger charge is 2.38. The van der Waals surface area contributed by atoms with Gasteiger partial charge in [-0.1, -0.05) is 6.07 Å². The normalized spacial score (nSPS) is 14.6. The summed E-state index contributed by atoms with van der Waals surface area (Å²) in [6, 6.07) is 3.70. The number of hydrogen-bond acceptors (Lipinski definition) is 4. The third-order valence-electron chi connectivity index (χ3n) is 3.26. The summed E-state index contributed by atoms with van der Waals surface area (Å²) in [7, 11) is -3.31. The molecule has 1 atom stereocenters. The highest BCUT2D eigenvalue weighted by atomic mass is 32.2. The molecule has 0 fully saturated rings. The number of pyridine rings is 1. The minimum absolute atomic E-state index is 0.243. The largest absolute Gasteiger partial charge is 0.391 e. The number of aromatic nitrogens is 1. The maximum atomic E-state index is 11.6. The van der Waals surface area contributed by atoms with Crippen molar-refractivity contribution >= 4 is 9.84 Å². The van der Waals surface area contributed by atoms with Crippen molar-refractivity contribution in [3.63, 3.8) is 0 Å². The first-order chi connectivity index (χ1) is 7.66. The van der Waals surface area contributed by atoms with E-state index in [1.54, 1.807) is 6.20 Å². The van der Waals surface area contributed by atoms with Crippen molar-refractivity contribution in [1.29, 1.82) is 0 Å². The van der Waals surface area contributed by atoms with Crippen LogP contribution in [0.1, 0.15) is 25.1 Å². The molecule has 0 saturated carbocycles. The molecule has 0 spiro atoms. The third kappa shape index (κ3) is 3.04. The number of nitrogens with zero attached hydrogens (tertiary/aromatic N) is 1. The summed E-state index contributed by atoms with van der Waals surface area (Å²) < 4.78 is 22.0.